The molecule has 0 radical (unpaired) electrons. The Morgan fingerprint density at radius 2 is 2.09 bits per heavy atom. The van der Waals surface area contributed by atoms with Gasteiger partial charge in [-0.05, 0) is 12.1 Å². The first kappa shape index (κ1) is 8.07. The first-order valence-electron chi connectivity index (χ1n) is 3.07. The van der Waals surface area contributed by atoms with Crippen LogP contribution in [0.1, 0.15) is 0 Å². The third-order valence-electron chi connectivity index (χ3n) is 1.30. The van der Waals surface area contributed by atoms with E-state index in [-0.39, 0.29) is 0 Å². The number of thiol groups is 1. The molecule has 60 valence electrons. The molecule has 0 heterocycles. The molecule has 1 atom stereocenters. The highest BCUT2D eigenvalue weighted by atomic mass is 32.2. The van der Waals surface area contributed by atoms with Crippen LogP contribution in [0.15, 0.2) is 29.2 Å². The predicted molar refractivity (Wildman–Crippen MR) is 43.5 cm³/mol. The van der Waals surface area contributed by atoms with E-state index in [1.165, 1.54) is 7.11 Å². The Balaban J connectivity index is 3.23. The van der Waals surface area contributed by atoms with Gasteiger partial charge in [0.15, 0.2) is 0 Å². The molecule has 3 nitrogen and oxygen atoms in total. The summed E-state index contributed by atoms with van der Waals surface area (Å²) in [5, 5.41) is 0. The molecule has 0 amide bonds. The van der Waals surface area contributed by atoms with Crippen molar-refractivity contribution in [3.05, 3.63) is 24.3 Å². The monoisotopic (exact) mass is 171 g/mol. The van der Waals surface area contributed by atoms with Gasteiger partial charge < -0.3 is 4.74 Å². The number of methoxy groups -OCH3 is 1. The second kappa shape index (κ2) is 3.39. The van der Waals surface area contributed by atoms with Crippen LogP contribution in [0.2, 0.25) is 0 Å². The lowest BCUT2D eigenvalue weighted by Crippen LogP contribution is -1.87. The van der Waals surface area contributed by atoms with Gasteiger partial charge in [-0.15, -0.1) is 0 Å². The van der Waals surface area contributed by atoms with Crippen molar-refractivity contribution in [1.82, 2.24) is 0 Å². The normalized spacial score (nSPS) is 12.5. The smallest absolute Gasteiger partial charge is 0.135 e. The topological polar surface area (TPSA) is 50.1 Å². The van der Waals surface area contributed by atoms with Crippen molar-refractivity contribution >= 4 is 10.6 Å². The second-order valence-corrected chi connectivity index (χ2v) is 3.04. The molecule has 11 heavy (non-hydrogen) atoms. The van der Waals surface area contributed by atoms with Crippen LogP contribution in [0, 0.1) is 4.78 Å². The van der Waals surface area contributed by atoms with Gasteiger partial charge in [0.2, 0.25) is 0 Å². The van der Waals surface area contributed by atoms with Gasteiger partial charge in [0.1, 0.15) is 5.75 Å². The van der Waals surface area contributed by atoms with Crippen LogP contribution in [-0.2, 0) is 10.6 Å². The molecule has 4 heteroatoms. The van der Waals surface area contributed by atoms with Crippen LogP contribution in [0.3, 0.4) is 0 Å². The first-order chi connectivity index (χ1) is 5.25. The minimum Gasteiger partial charge on any atom is -0.495 e. The van der Waals surface area contributed by atoms with Crippen molar-refractivity contribution in [2.24, 2.45) is 0 Å². The molecule has 0 aromatic heterocycles. The average molecular weight is 171 g/mol. The van der Waals surface area contributed by atoms with E-state index < -0.39 is 10.6 Å². The first-order valence-corrected chi connectivity index (χ1v) is 4.33. The van der Waals surface area contributed by atoms with Crippen molar-refractivity contribution < 1.29 is 8.95 Å². The highest BCUT2D eigenvalue weighted by Crippen LogP contribution is 2.17. The van der Waals surface area contributed by atoms with Gasteiger partial charge in [-0.2, -0.15) is 0 Å². The molecule has 0 aliphatic rings. The fraction of sp³-hybridized carbons (Fsp3) is 0.143. The molecule has 0 fully saturated rings. The minimum atomic E-state index is -2.05. The van der Waals surface area contributed by atoms with E-state index in [1.54, 1.807) is 24.3 Å². The summed E-state index contributed by atoms with van der Waals surface area (Å²) >= 11 is 0. The zero-order valence-corrected chi connectivity index (χ0v) is 6.97. The number of para-hydroxylation sites is 1. The Hall–Kier alpha value is -1.03. The largest absolute Gasteiger partial charge is 0.495 e. The highest BCUT2D eigenvalue weighted by Gasteiger charge is 1.99. The number of hydrogen-bond acceptors (Lipinski definition) is 3. The van der Waals surface area contributed by atoms with Crippen LogP contribution in [0.4, 0.5) is 0 Å². The van der Waals surface area contributed by atoms with Crippen LogP contribution in [0.25, 0.3) is 0 Å². The molecule has 1 aromatic carbocycles. The highest BCUT2D eigenvalue weighted by molar-refractivity contribution is 7.73. The molecule has 0 bridgehead atoms. The molecule has 1 N–H and O–H groups in total. The molecule has 0 aliphatic carbocycles. The molecular formula is C7H9NO2S. The molecule has 0 spiro atoms. The van der Waals surface area contributed by atoms with Gasteiger partial charge in [-0.3, -0.25) is 4.78 Å². The number of rotatable bonds is 2. The van der Waals surface area contributed by atoms with Gasteiger partial charge >= 0.3 is 0 Å². The Bertz CT molecular complexity index is 312. The number of hydrogen-bond donors (Lipinski definition) is 2. The van der Waals surface area contributed by atoms with E-state index >= 15 is 0 Å². The Morgan fingerprint density at radius 1 is 1.45 bits per heavy atom. The van der Waals surface area contributed by atoms with Gasteiger partial charge in [-0.25, -0.2) is 4.21 Å². The molecule has 1 unspecified atom stereocenters. The fourth-order valence-electron chi connectivity index (χ4n) is 0.798. The zero-order chi connectivity index (χ0) is 8.27. The van der Waals surface area contributed by atoms with Crippen molar-refractivity contribution in [2.75, 3.05) is 7.11 Å². The van der Waals surface area contributed by atoms with Crippen molar-refractivity contribution in [1.29, 1.82) is 4.78 Å². The van der Waals surface area contributed by atoms with E-state index in [1.807, 2.05) is 0 Å². The predicted octanol–water partition coefficient (Wildman–Crippen LogP) is 1.30. The SMILES string of the molecule is COc1ccccc1[SH](=N)=O. The van der Waals surface area contributed by atoms with Crippen LogP contribution >= 0.6 is 0 Å². The van der Waals surface area contributed by atoms with Crippen LogP contribution in [-0.4, -0.2) is 11.3 Å². The molecule has 0 saturated heterocycles. The van der Waals surface area contributed by atoms with E-state index in [0.717, 1.165) is 0 Å². The fourth-order valence-corrected chi connectivity index (χ4v) is 1.39. The Labute approximate surface area is 67.0 Å². The summed E-state index contributed by atoms with van der Waals surface area (Å²) < 4.78 is 22.7. The quantitative estimate of drug-likeness (QED) is 0.659. The van der Waals surface area contributed by atoms with Crippen molar-refractivity contribution in [3.63, 3.8) is 0 Å². The van der Waals surface area contributed by atoms with Crippen LogP contribution in [0.5, 0.6) is 5.75 Å². The van der Waals surface area contributed by atoms with Gasteiger partial charge in [-0.1, -0.05) is 12.1 Å². The van der Waals surface area contributed by atoms with E-state index in [0.29, 0.717) is 10.6 Å². The molecular weight excluding hydrogens is 162 g/mol. The Morgan fingerprint density at radius 3 is 2.55 bits per heavy atom. The summed E-state index contributed by atoms with van der Waals surface area (Å²) in [5.74, 6) is 0.517. The van der Waals surface area contributed by atoms with Crippen molar-refractivity contribution in [2.45, 2.75) is 4.90 Å². The summed E-state index contributed by atoms with van der Waals surface area (Å²) in [4.78, 5) is 0.449. The van der Waals surface area contributed by atoms with Crippen molar-refractivity contribution in [3.8, 4) is 5.75 Å². The number of nitrogens with one attached hydrogen (secondary N) is 1. The lowest BCUT2D eigenvalue weighted by molar-refractivity contribution is 0.404. The average Bonchev–Trinajstić information content (AvgIpc) is 2.04. The lowest BCUT2D eigenvalue weighted by Gasteiger charge is -2.01. The summed E-state index contributed by atoms with van der Waals surface area (Å²) in [6.45, 7) is 0. The third kappa shape index (κ3) is 1.71. The minimum absolute atomic E-state index is 0.449. The lowest BCUT2D eigenvalue weighted by atomic mass is 10.3. The summed E-state index contributed by atoms with van der Waals surface area (Å²) in [6, 6.07) is 6.84. The number of benzene rings is 1. The van der Waals surface area contributed by atoms with E-state index in [9.17, 15) is 4.21 Å². The summed E-state index contributed by atoms with van der Waals surface area (Å²) in [5.41, 5.74) is 0. The maximum absolute atomic E-state index is 10.8. The number of ether oxygens (including phenoxy) is 1. The van der Waals surface area contributed by atoms with E-state index in [4.69, 9.17) is 9.52 Å². The maximum Gasteiger partial charge on any atom is 0.135 e. The molecule has 0 saturated carbocycles. The zero-order valence-electron chi connectivity index (χ0n) is 6.07. The maximum atomic E-state index is 10.8. The van der Waals surface area contributed by atoms with Crippen LogP contribution < -0.4 is 4.74 Å². The Kier molecular flexibility index (Phi) is 2.48. The standard InChI is InChI=1S/C7H9NO2S/c1-10-6-4-2-3-5-7(6)11(8)9/h2-5,8,11H,1H3. The summed E-state index contributed by atoms with van der Waals surface area (Å²) in [7, 11) is -0.550. The van der Waals surface area contributed by atoms with Gasteiger partial charge in [0.05, 0.1) is 22.6 Å². The second-order valence-electron chi connectivity index (χ2n) is 1.97. The summed E-state index contributed by atoms with van der Waals surface area (Å²) in [6.07, 6.45) is 0. The molecule has 1 rings (SSSR count). The molecule has 1 aromatic rings. The van der Waals surface area contributed by atoms with E-state index in [2.05, 4.69) is 0 Å². The van der Waals surface area contributed by atoms with Gasteiger partial charge in [0, 0.05) is 0 Å². The molecule has 0 aliphatic heterocycles. The third-order valence-corrected chi connectivity index (χ3v) is 2.11. The van der Waals surface area contributed by atoms with Gasteiger partial charge in [0.25, 0.3) is 0 Å².